The minimum Gasteiger partial charge on any atom is -0.507 e. The van der Waals surface area contributed by atoms with E-state index in [1.807, 2.05) is 0 Å². The van der Waals surface area contributed by atoms with Gasteiger partial charge in [-0.15, -0.1) is 0 Å². The Bertz CT molecular complexity index is 823. The van der Waals surface area contributed by atoms with Crippen molar-refractivity contribution >= 4 is 34.6 Å². The predicted octanol–water partition coefficient (Wildman–Crippen LogP) is 3.11. The van der Waals surface area contributed by atoms with Crippen molar-refractivity contribution in [1.29, 1.82) is 0 Å². The van der Waals surface area contributed by atoms with Gasteiger partial charge in [0.05, 0.1) is 26.1 Å². The van der Waals surface area contributed by atoms with Crippen molar-refractivity contribution in [3.63, 3.8) is 0 Å². The molecule has 0 unspecified atom stereocenters. The lowest BCUT2D eigenvalue weighted by atomic mass is 10.1. The number of hydrogen-bond acceptors (Lipinski definition) is 6. The first kappa shape index (κ1) is 16.2. The molecule has 0 aliphatic rings. The van der Waals surface area contributed by atoms with E-state index in [9.17, 15) is 30.1 Å². The first-order valence-electron chi connectivity index (χ1n) is 6.02. The van der Waals surface area contributed by atoms with Gasteiger partial charge in [-0.25, -0.2) is 0 Å². The monoisotopic (exact) mass is 337 g/mol. The molecule has 23 heavy (non-hydrogen) atoms. The van der Waals surface area contributed by atoms with Crippen LogP contribution in [0, 0.1) is 20.2 Å². The van der Waals surface area contributed by atoms with Crippen molar-refractivity contribution in [2.75, 3.05) is 5.32 Å². The summed E-state index contributed by atoms with van der Waals surface area (Å²) in [6, 6.07) is 6.37. The van der Waals surface area contributed by atoms with Crippen LogP contribution in [0.5, 0.6) is 5.75 Å². The van der Waals surface area contributed by atoms with Gasteiger partial charge in [0.25, 0.3) is 17.3 Å². The highest BCUT2D eigenvalue weighted by atomic mass is 35.5. The van der Waals surface area contributed by atoms with Crippen molar-refractivity contribution in [3.05, 3.63) is 67.2 Å². The molecule has 0 saturated carbocycles. The lowest BCUT2D eigenvalue weighted by Crippen LogP contribution is -2.13. The van der Waals surface area contributed by atoms with Crippen molar-refractivity contribution in [2.24, 2.45) is 0 Å². The molecule has 2 aromatic rings. The Morgan fingerprint density at radius 3 is 2.17 bits per heavy atom. The van der Waals surface area contributed by atoms with Gasteiger partial charge in [-0.2, -0.15) is 0 Å². The van der Waals surface area contributed by atoms with Gasteiger partial charge in [-0.1, -0.05) is 11.6 Å². The number of benzene rings is 2. The van der Waals surface area contributed by atoms with E-state index in [2.05, 4.69) is 5.32 Å². The third kappa shape index (κ3) is 3.52. The fourth-order valence-corrected chi connectivity index (χ4v) is 1.95. The Kier molecular flexibility index (Phi) is 4.42. The maximum atomic E-state index is 12.1. The number of nitro benzene ring substituents is 2. The van der Waals surface area contributed by atoms with Crippen molar-refractivity contribution in [3.8, 4) is 5.75 Å². The number of halogens is 1. The van der Waals surface area contributed by atoms with Gasteiger partial charge in [0.15, 0.2) is 0 Å². The van der Waals surface area contributed by atoms with Crippen molar-refractivity contribution in [1.82, 2.24) is 0 Å². The number of phenols is 1. The quantitative estimate of drug-likeness (QED) is 0.649. The van der Waals surface area contributed by atoms with Gasteiger partial charge in [-0.3, -0.25) is 25.0 Å². The van der Waals surface area contributed by atoms with E-state index in [0.717, 1.165) is 30.3 Å². The number of aromatic hydroxyl groups is 1. The number of amides is 1. The van der Waals surface area contributed by atoms with E-state index < -0.39 is 21.5 Å². The Morgan fingerprint density at radius 2 is 1.61 bits per heavy atom. The summed E-state index contributed by atoms with van der Waals surface area (Å²) in [5, 5.41) is 33.2. The summed E-state index contributed by atoms with van der Waals surface area (Å²) < 4.78 is 0. The summed E-state index contributed by atoms with van der Waals surface area (Å²) in [5.74, 6) is -1.30. The van der Waals surface area contributed by atoms with Crippen LogP contribution in [0.25, 0.3) is 0 Å². The molecule has 0 bridgehead atoms. The van der Waals surface area contributed by atoms with Crippen LogP contribution >= 0.6 is 11.6 Å². The number of carbonyl (C=O) groups is 1. The van der Waals surface area contributed by atoms with Crippen LogP contribution < -0.4 is 5.32 Å². The standard InChI is InChI=1S/C13H8ClN3O6/c14-10-6-8(17(22)23)1-3-11(10)15-13(19)9-5-7(16(20)21)2-4-12(9)18/h1-6,18H,(H,15,19). The molecule has 0 aliphatic carbocycles. The van der Waals surface area contributed by atoms with Gasteiger partial charge in [0.2, 0.25) is 0 Å². The summed E-state index contributed by atoms with van der Waals surface area (Å²) in [6.45, 7) is 0. The minimum atomic E-state index is -0.845. The molecular weight excluding hydrogens is 330 g/mol. The highest BCUT2D eigenvalue weighted by molar-refractivity contribution is 6.34. The van der Waals surface area contributed by atoms with E-state index >= 15 is 0 Å². The first-order valence-corrected chi connectivity index (χ1v) is 6.40. The fourth-order valence-electron chi connectivity index (χ4n) is 1.73. The number of anilines is 1. The number of rotatable bonds is 4. The van der Waals surface area contributed by atoms with E-state index in [4.69, 9.17) is 11.6 Å². The number of hydrogen-bond donors (Lipinski definition) is 2. The second-order valence-corrected chi connectivity index (χ2v) is 4.74. The SMILES string of the molecule is O=C(Nc1ccc([N+](=O)[O-])cc1Cl)c1cc([N+](=O)[O-])ccc1O. The third-order valence-corrected chi connectivity index (χ3v) is 3.16. The number of phenolic OH excluding ortho intramolecular Hbond substituents is 1. The second-order valence-electron chi connectivity index (χ2n) is 4.33. The number of nitrogens with one attached hydrogen (secondary N) is 1. The molecule has 118 valence electrons. The lowest BCUT2D eigenvalue weighted by Gasteiger charge is -2.08. The smallest absolute Gasteiger partial charge is 0.271 e. The molecule has 0 saturated heterocycles. The number of nitro groups is 2. The van der Waals surface area contributed by atoms with Gasteiger partial charge in [0, 0.05) is 24.3 Å². The van der Waals surface area contributed by atoms with Crippen molar-refractivity contribution < 1.29 is 19.7 Å². The molecule has 0 radical (unpaired) electrons. The zero-order chi connectivity index (χ0) is 17.1. The van der Waals surface area contributed by atoms with Crippen LogP contribution in [-0.4, -0.2) is 20.9 Å². The van der Waals surface area contributed by atoms with Gasteiger partial charge >= 0.3 is 0 Å². The van der Waals surface area contributed by atoms with Crippen LogP contribution in [0.3, 0.4) is 0 Å². The molecule has 1 amide bonds. The Labute approximate surface area is 133 Å². The van der Waals surface area contributed by atoms with Gasteiger partial charge < -0.3 is 10.4 Å². The third-order valence-electron chi connectivity index (χ3n) is 2.85. The summed E-state index contributed by atoms with van der Waals surface area (Å²) in [4.78, 5) is 32.1. The maximum absolute atomic E-state index is 12.1. The molecule has 0 aliphatic heterocycles. The van der Waals surface area contributed by atoms with Gasteiger partial charge in [-0.05, 0) is 12.1 Å². The zero-order valence-corrected chi connectivity index (χ0v) is 12.0. The molecule has 2 rings (SSSR count). The highest BCUT2D eigenvalue weighted by Crippen LogP contribution is 2.29. The normalized spacial score (nSPS) is 10.1. The highest BCUT2D eigenvalue weighted by Gasteiger charge is 2.18. The summed E-state index contributed by atoms with van der Waals surface area (Å²) in [7, 11) is 0. The number of nitrogens with zero attached hydrogens (tertiary/aromatic N) is 2. The number of carbonyl (C=O) groups excluding carboxylic acids is 1. The average Bonchev–Trinajstić information content (AvgIpc) is 2.49. The predicted molar refractivity (Wildman–Crippen MR) is 80.8 cm³/mol. The van der Waals surface area contributed by atoms with E-state index in [-0.39, 0.29) is 27.6 Å². The van der Waals surface area contributed by atoms with Crippen molar-refractivity contribution in [2.45, 2.75) is 0 Å². The zero-order valence-electron chi connectivity index (χ0n) is 11.2. The number of non-ortho nitro benzene ring substituents is 2. The van der Waals surface area contributed by atoms with E-state index in [1.165, 1.54) is 6.07 Å². The Hall–Kier alpha value is -3.20. The summed E-state index contributed by atoms with van der Waals surface area (Å²) in [6.07, 6.45) is 0. The average molecular weight is 338 g/mol. The first-order chi connectivity index (χ1) is 10.8. The second kappa shape index (κ2) is 6.28. The molecule has 0 atom stereocenters. The van der Waals surface area contributed by atoms with Crippen LogP contribution in [0.2, 0.25) is 5.02 Å². The molecule has 0 fully saturated rings. The van der Waals surface area contributed by atoms with Gasteiger partial charge in [0.1, 0.15) is 5.75 Å². The lowest BCUT2D eigenvalue weighted by molar-refractivity contribution is -0.385. The molecule has 10 heteroatoms. The van der Waals surface area contributed by atoms with E-state index in [0.29, 0.717) is 0 Å². The summed E-state index contributed by atoms with van der Waals surface area (Å²) >= 11 is 5.84. The molecule has 0 aromatic heterocycles. The van der Waals surface area contributed by atoms with Crippen LogP contribution in [-0.2, 0) is 0 Å². The fraction of sp³-hybridized carbons (Fsp3) is 0. The molecule has 2 aromatic carbocycles. The molecule has 0 heterocycles. The maximum Gasteiger partial charge on any atom is 0.271 e. The Balaban J connectivity index is 2.31. The van der Waals surface area contributed by atoms with Crippen LogP contribution in [0.15, 0.2) is 36.4 Å². The molecular formula is C13H8ClN3O6. The molecule has 2 N–H and O–H groups in total. The van der Waals surface area contributed by atoms with Crippen LogP contribution in [0.1, 0.15) is 10.4 Å². The Morgan fingerprint density at radius 1 is 1.04 bits per heavy atom. The van der Waals surface area contributed by atoms with Crippen LogP contribution in [0.4, 0.5) is 17.1 Å². The molecule has 9 nitrogen and oxygen atoms in total. The topological polar surface area (TPSA) is 136 Å². The largest absolute Gasteiger partial charge is 0.507 e. The van der Waals surface area contributed by atoms with E-state index in [1.54, 1.807) is 0 Å². The molecule has 0 spiro atoms. The minimum absolute atomic E-state index is 0.0631. The summed E-state index contributed by atoms with van der Waals surface area (Å²) in [5.41, 5.74) is -0.893.